The number of para-hydroxylation sites is 1. The minimum atomic E-state index is -0.520. The van der Waals surface area contributed by atoms with Gasteiger partial charge in [-0.3, -0.25) is 4.79 Å². The topological polar surface area (TPSA) is 89.4 Å². The second kappa shape index (κ2) is 8.11. The number of hydrogen-bond acceptors (Lipinski definition) is 5. The number of benzene rings is 1. The molecule has 0 radical (unpaired) electrons. The van der Waals surface area contributed by atoms with Crippen LogP contribution >= 0.6 is 0 Å². The molecule has 6 nitrogen and oxygen atoms in total. The van der Waals surface area contributed by atoms with Gasteiger partial charge in [0.25, 0.3) is 0 Å². The molecule has 110 valence electrons. The fourth-order valence-electron chi connectivity index (χ4n) is 1.59. The molecule has 0 unspecified atom stereocenters. The molecule has 2 rings (SSSR count). The Morgan fingerprint density at radius 2 is 1.86 bits per heavy atom. The average molecular weight is 294 g/mol. The van der Waals surface area contributed by atoms with Gasteiger partial charge in [0.15, 0.2) is 5.75 Å². The Labute approximate surface area is 127 Å². The normalized spacial score (nSPS) is 24.1. The van der Waals surface area contributed by atoms with E-state index in [-0.39, 0.29) is 0 Å². The standard InChI is InChI=1S/C16H14N4O2/c17-16(21)14-8-3-1-2-6-12-18-19-20-22-15-9-5-4-7-13(15)10-11-14/h1-12H,(H2,17,21)/b3-1-,6-2-,11-10-,14-8+,18-12+,20-19-. The lowest BCUT2D eigenvalue weighted by Crippen LogP contribution is -2.12. The van der Waals surface area contributed by atoms with Crippen LogP contribution in [0.4, 0.5) is 0 Å². The zero-order valence-electron chi connectivity index (χ0n) is 11.7. The first-order valence-corrected chi connectivity index (χ1v) is 6.48. The number of hydrogen-bond donors (Lipinski definition) is 1. The van der Waals surface area contributed by atoms with Crippen LogP contribution in [-0.4, -0.2) is 12.1 Å². The van der Waals surface area contributed by atoms with Crippen molar-refractivity contribution in [1.29, 1.82) is 0 Å². The van der Waals surface area contributed by atoms with Crippen LogP contribution in [0.25, 0.3) is 6.08 Å². The molecule has 22 heavy (non-hydrogen) atoms. The van der Waals surface area contributed by atoms with Crippen molar-refractivity contribution in [1.82, 2.24) is 0 Å². The molecule has 1 aliphatic heterocycles. The average Bonchev–Trinajstić information content (AvgIpc) is 2.52. The van der Waals surface area contributed by atoms with E-state index >= 15 is 0 Å². The van der Waals surface area contributed by atoms with E-state index in [1.807, 2.05) is 12.1 Å². The van der Waals surface area contributed by atoms with Gasteiger partial charge < -0.3 is 10.6 Å². The zero-order valence-corrected chi connectivity index (χ0v) is 11.7. The van der Waals surface area contributed by atoms with Crippen LogP contribution in [0, 0.1) is 0 Å². The highest BCUT2D eigenvalue weighted by molar-refractivity contribution is 5.96. The highest BCUT2D eigenvalue weighted by Crippen LogP contribution is 2.20. The van der Waals surface area contributed by atoms with Gasteiger partial charge in [-0.15, -0.1) is 5.10 Å². The second-order valence-corrected chi connectivity index (χ2v) is 4.15. The fourth-order valence-corrected chi connectivity index (χ4v) is 1.59. The number of primary amides is 1. The summed E-state index contributed by atoms with van der Waals surface area (Å²) < 4.78 is 0. The minimum Gasteiger partial charge on any atom is -0.366 e. The molecule has 0 atom stereocenters. The number of amides is 1. The Hall–Kier alpha value is -3.28. The Bertz CT molecular complexity index is 713. The minimum absolute atomic E-state index is 0.365. The lowest BCUT2D eigenvalue weighted by Gasteiger charge is -2.01. The maximum atomic E-state index is 11.4. The fraction of sp³-hybridized carbons (Fsp3) is 0. The smallest absolute Gasteiger partial charge is 0.248 e. The van der Waals surface area contributed by atoms with Crippen LogP contribution in [0.2, 0.25) is 0 Å². The van der Waals surface area contributed by atoms with Crippen LogP contribution in [-0.2, 0) is 4.79 Å². The second-order valence-electron chi connectivity index (χ2n) is 4.15. The van der Waals surface area contributed by atoms with Gasteiger partial charge >= 0.3 is 0 Å². The van der Waals surface area contributed by atoms with Gasteiger partial charge in [0.05, 0.1) is 11.5 Å². The molecule has 0 saturated heterocycles. The number of rotatable bonds is 1. The Balaban J connectivity index is 2.40. The van der Waals surface area contributed by atoms with Crippen molar-refractivity contribution >= 4 is 18.2 Å². The summed E-state index contributed by atoms with van der Waals surface area (Å²) >= 11 is 0. The summed E-state index contributed by atoms with van der Waals surface area (Å²) in [4.78, 5) is 16.6. The lowest BCUT2D eigenvalue weighted by molar-refractivity contribution is -0.114. The third-order valence-corrected chi connectivity index (χ3v) is 2.64. The SMILES string of the molecule is NC(=O)C1=C/C=C\C=C/C=N/N=N\Oc2ccccc2/C=C\1. The van der Waals surface area contributed by atoms with E-state index in [4.69, 9.17) is 10.6 Å². The summed E-state index contributed by atoms with van der Waals surface area (Å²) in [6, 6.07) is 7.19. The first-order chi connectivity index (χ1) is 10.8. The summed E-state index contributed by atoms with van der Waals surface area (Å²) in [5.41, 5.74) is 6.45. The molecule has 1 aromatic carbocycles. The monoisotopic (exact) mass is 294 g/mol. The van der Waals surface area contributed by atoms with E-state index in [1.165, 1.54) is 6.21 Å². The van der Waals surface area contributed by atoms with Crippen molar-refractivity contribution in [2.45, 2.75) is 0 Å². The Morgan fingerprint density at radius 3 is 2.73 bits per heavy atom. The maximum absolute atomic E-state index is 11.4. The quantitative estimate of drug-likeness (QED) is 0.862. The van der Waals surface area contributed by atoms with Gasteiger partial charge in [-0.2, -0.15) is 0 Å². The molecule has 0 bridgehead atoms. The summed E-state index contributed by atoms with van der Waals surface area (Å²) in [6.07, 6.45) is 13.3. The molecule has 0 aromatic heterocycles. The lowest BCUT2D eigenvalue weighted by atomic mass is 10.1. The molecular weight excluding hydrogens is 280 g/mol. The van der Waals surface area contributed by atoms with E-state index < -0.39 is 5.91 Å². The Kier molecular flexibility index (Phi) is 5.57. The molecule has 0 saturated carbocycles. The number of carbonyl (C=O) groups excluding carboxylic acids is 1. The van der Waals surface area contributed by atoms with Gasteiger partial charge in [0, 0.05) is 11.1 Å². The number of carbonyl (C=O) groups is 1. The Morgan fingerprint density at radius 1 is 1.05 bits per heavy atom. The van der Waals surface area contributed by atoms with Gasteiger partial charge in [0.1, 0.15) is 0 Å². The van der Waals surface area contributed by atoms with E-state index in [0.29, 0.717) is 11.3 Å². The van der Waals surface area contributed by atoms with Gasteiger partial charge in [-0.25, -0.2) is 0 Å². The van der Waals surface area contributed by atoms with Gasteiger partial charge in [-0.1, -0.05) is 42.5 Å². The molecule has 6 heteroatoms. The van der Waals surface area contributed by atoms with Crippen molar-refractivity contribution in [2.75, 3.05) is 0 Å². The van der Waals surface area contributed by atoms with E-state index in [1.54, 1.807) is 54.7 Å². The molecule has 0 spiro atoms. The molecule has 1 amide bonds. The largest absolute Gasteiger partial charge is 0.366 e. The molecule has 1 aromatic rings. The predicted octanol–water partition coefficient (Wildman–Crippen LogP) is 2.97. The third kappa shape index (κ3) is 4.68. The zero-order chi connectivity index (χ0) is 15.6. The summed E-state index contributed by atoms with van der Waals surface area (Å²) in [5, 5.41) is 10.7. The molecule has 1 aliphatic rings. The predicted molar refractivity (Wildman–Crippen MR) is 85.0 cm³/mol. The number of fused-ring (bicyclic) bond motifs is 1. The van der Waals surface area contributed by atoms with Crippen molar-refractivity contribution in [3.63, 3.8) is 0 Å². The summed E-state index contributed by atoms with van der Waals surface area (Å²) in [5.74, 6) is -0.0312. The van der Waals surface area contributed by atoms with Crippen molar-refractivity contribution in [3.8, 4) is 5.75 Å². The van der Waals surface area contributed by atoms with Crippen molar-refractivity contribution in [3.05, 3.63) is 71.9 Å². The summed E-state index contributed by atoms with van der Waals surface area (Å²) in [7, 11) is 0. The third-order valence-electron chi connectivity index (χ3n) is 2.64. The van der Waals surface area contributed by atoms with Gasteiger partial charge in [0.2, 0.25) is 5.91 Å². The number of nitrogens with zero attached hydrogens (tertiary/aromatic N) is 3. The van der Waals surface area contributed by atoms with Crippen LogP contribution in [0.1, 0.15) is 5.56 Å². The van der Waals surface area contributed by atoms with E-state index in [2.05, 4.69) is 15.6 Å². The first kappa shape index (κ1) is 15.1. The van der Waals surface area contributed by atoms with Crippen LogP contribution in [0.5, 0.6) is 5.75 Å². The highest BCUT2D eigenvalue weighted by atomic mass is 16.6. The summed E-state index contributed by atoms with van der Waals surface area (Å²) in [6.45, 7) is 0. The molecule has 0 aliphatic carbocycles. The van der Waals surface area contributed by atoms with Crippen LogP contribution in [0.15, 0.2) is 81.9 Å². The molecule has 0 fully saturated rings. The molecular formula is C16H14N4O2. The van der Waals surface area contributed by atoms with E-state index in [9.17, 15) is 4.79 Å². The number of allylic oxidation sites excluding steroid dienone is 5. The van der Waals surface area contributed by atoms with Gasteiger partial charge in [-0.05, 0) is 29.5 Å². The van der Waals surface area contributed by atoms with E-state index in [0.717, 1.165) is 5.56 Å². The van der Waals surface area contributed by atoms with Crippen molar-refractivity contribution in [2.24, 2.45) is 21.3 Å². The highest BCUT2D eigenvalue weighted by Gasteiger charge is 2.02. The van der Waals surface area contributed by atoms with Crippen LogP contribution < -0.4 is 10.6 Å². The van der Waals surface area contributed by atoms with Crippen molar-refractivity contribution < 1.29 is 9.63 Å². The van der Waals surface area contributed by atoms with Crippen LogP contribution in [0.3, 0.4) is 0 Å². The molecule has 2 N–H and O–H groups in total. The maximum Gasteiger partial charge on any atom is 0.248 e. The molecule has 1 heterocycles. The first-order valence-electron chi connectivity index (χ1n) is 6.48. The number of nitrogens with two attached hydrogens (primary N) is 1.